The van der Waals surface area contributed by atoms with E-state index < -0.39 is 11.7 Å². The maximum atomic E-state index is 12.2. The van der Waals surface area contributed by atoms with Crippen LogP contribution in [0.5, 0.6) is 0 Å². The highest BCUT2D eigenvalue weighted by Crippen LogP contribution is 2.13. The molecule has 1 rings (SSSR count). The molecule has 4 heteroatoms. The predicted molar refractivity (Wildman–Crippen MR) is 83.5 cm³/mol. The normalized spacial score (nSPS) is 12.6. The minimum absolute atomic E-state index is 0.0981. The Bertz CT molecular complexity index is 486. The highest BCUT2D eigenvalue weighted by Gasteiger charge is 2.18. The van der Waals surface area contributed by atoms with E-state index in [9.17, 15) is 9.59 Å². The number of nitrogens with one attached hydrogen (secondary N) is 1. The summed E-state index contributed by atoms with van der Waals surface area (Å²) in [6, 6.07) is 7.54. The Balaban J connectivity index is 2.40. The van der Waals surface area contributed by atoms with Crippen molar-refractivity contribution in [2.75, 3.05) is 6.54 Å². The number of benzene rings is 1. The van der Waals surface area contributed by atoms with Crippen molar-refractivity contribution < 1.29 is 14.3 Å². The zero-order valence-electron chi connectivity index (χ0n) is 13.5. The molecule has 116 valence electrons. The topological polar surface area (TPSA) is 55.4 Å². The van der Waals surface area contributed by atoms with Gasteiger partial charge in [0.15, 0.2) is 5.78 Å². The molecule has 0 spiro atoms. The van der Waals surface area contributed by atoms with E-state index >= 15 is 0 Å². The van der Waals surface area contributed by atoms with Gasteiger partial charge in [-0.05, 0) is 34.1 Å². The lowest BCUT2D eigenvalue weighted by atomic mass is 9.96. The maximum absolute atomic E-state index is 12.2. The molecule has 1 atom stereocenters. The number of amides is 1. The molecule has 0 heterocycles. The minimum atomic E-state index is -0.507. The summed E-state index contributed by atoms with van der Waals surface area (Å²) < 4.78 is 5.14. The Morgan fingerprint density at radius 1 is 1.19 bits per heavy atom. The van der Waals surface area contributed by atoms with Gasteiger partial charge in [-0.1, -0.05) is 36.8 Å². The summed E-state index contributed by atoms with van der Waals surface area (Å²) in [5.41, 5.74) is 1.34. The fourth-order valence-electron chi connectivity index (χ4n) is 1.84. The molecule has 0 aliphatic carbocycles. The largest absolute Gasteiger partial charge is 0.444 e. The van der Waals surface area contributed by atoms with Crippen LogP contribution in [0.25, 0.3) is 0 Å². The minimum Gasteiger partial charge on any atom is -0.444 e. The smallest absolute Gasteiger partial charge is 0.407 e. The van der Waals surface area contributed by atoms with Gasteiger partial charge in [-0.15, -0.1) is 0 Å². The van der Waals surface area contributed by atoms with Crippen molar-refractivity contribution in [1.82, 2.24) is 5.32 Å². The third kappa shape index (κ3) is 6.43. The quantitative estimate of drug-likeness (QED) is 0.841. The van der Waals surface area contributed by atoms with Gasteiger partial charge in [-0.25, -0.2) is 4.79 Å². The molecule has 0 aliphatic rings. The number of rotatable bonds is 5. The van der Waals surface area contributed by atoms with E-state index in [-0.39, 0.29) is 11.7 Å². The van der Waals surface area contributed by atoms with Gasteiger partial charge in [0, 0.05) is 18.0 Å². The van der Waals surface area contributed by atoms with Crippen molar-refractivity contribution in [2.45, 2.75) is 46.6 Å². The molecule has 4 nitrogen and oxygen atoms in total. The Labute approximate surface area is 126 Å². The summed E-state index contributed by atoms with van der Waals surface area (Å²) in [5, 5.41) is 2.67. The summed E-state index contributed by atoms with van der Waals surface area (Å²) in [7, 11) is 0. The second-order valence-corrected chi connectivity index (χ2v) is 6.35. The summed E-state index contributed by atoms with van der Waals surface area (Å²) in [4.78, 5) is 23.7. The van der Waals surface area contributed by atoms with E-state index in [2.05, 4.69) is 5.32 Å². The third-order valence-electron chi connectivity index (χ3n) is 3.03. The summed E-state index contributed by atoms with van der Waals surface area (Å²) in [6.45, 7) is 9.73. The van der Waals surface area contributed by atoms with Crippen molar-refractivity contribution in [3.05, 3.63) is 35.4 Å². The predicted octanol–water partition coefficient (Wildman–Crippen LogP) is 3.73. The first-order valence-corrected chi connectivity index (χ1v) is 7.27. The van der Waals surface area contributed by atoms with E-state index in [1.165, 1.54) is 0 Å². The van der Waals surface area contributed by atoms with Gasteiger partial charge in [0.1, 0.15) is 5.60 Å². The molecule has 0 saturated carbocycles. The lowest BCUT2D eigenvalue weighted by Gasteiger charge is -2.20. The monoisotopic (exact) mass is 291 g/mol. The summed E-state index contributed by atoms with van der Waals surface area (Å²) in [6.07, 6.45) is 0.142. The van der Waals surface area contributed by atoms with Crippen LogP contribution in [0, 0.1) is 12.8 Å². The number of ketones is 1. The molecule has 0 radical (unpaired) electrons. The molecular weight excluding hydrogens is 266 g/mol. The number of Topliss-reactive ketones (excluding diaryl/α,β-unsaturated/α-hetero) is 1. The highest BCUT2D eigenvalue weighted by molar-refractivity contribution is 5.97. The standard InChI is InChI=1S/C17H25NO3/c1-12-6-8-14(9-7-12)15(19)13(2)10-11-18-16(20)21-17(3,4)5/h6-9,13H,10-11H2,1-5H3,(H,18,20)/t13-/m1/s1. The second-order valence-electron chi connectivity index (χ2n) is 6.35. The Kier molecular flexibility index (Phi) is 5.94. The van der Waals surface area contributed by atoms with Crippen LogP contribution in [0.1, 0.15) is 50.0 Å². The Hall–Kier alpha value is -1.84. The lowest BCUT2D eigenvalue weighted by molar-refractivity contribution is 0.0523. The first-order chi connectivity index (χ1) is 9.69. The van der Waals surface area contributed by atoms with Crippen LogP contribution in [-0.2, 0) is 4.74 Å². The van der Waals surface area contributed by atoms with Crippen molar-refractivity contribution in [3.63, 3.8) is 0 Å². The number of hydrogen-bond donors (Lipinski definition) is 1. The lowest BCUT2D eigenvalue weighted by Crippen LogP contribution is -2.33. The SMILES string of the molecule is Cc1ccc(C(=O)[C@H](C)CCNC(=O)OC(C)(C)C)cc1. The zero-order valence-corrected chi connectivity index (χ0v) is 13.5. The van der Waals surface area contributed by atoms with E-state index in [1.54, 1.807) is 0 Å². The summed E-state index contributed by atoms with van der Waals surface area (Å²) in [5.74, 6) is -0.0383. The van der Waals surface area contributed by atoms with Crippen molar-refractivity contribution in [1.29, 1.82) is 0 Å². The highest BCUT2D eigenvalue weighted by atomic mass is 16.6. The van der Waals surface area contributed by atoms with E-state index in [4.69, 9.17) is 4.74 Å². The van der Waals surface area contributed by atoms with Crippen molar-refractivity contribution >= 4 is 11.9 Å². The number of carbonyl (C=O) groups excluding carboxylic acids is 2. The van der Waals surface area contributed by atoms with Crippen molar-refractivity contribution in [3.8, 4) is 0 Å². The van der Waals surface area contributed by atoms with Gasteiger partial charge in [-0.3, -0.25) is 4.79 Å². The van der Waals surface area contributed by atoms with Gasteiger partial charge in [0.05, 0.1) is 0 Å². The van der Waals surface area contributed by atoms with Crippen LogP contribution in [-0.4, -0.2) is 24.0 Å². The molecule has 0 bridgehead atoms. The number of alkyl carbamates (subject to hydrolysis) is 1. The second kappa shape index (κ2) is 7.25. The average Bonchev–Trinajstić information content (AvgIpc) is 2.36. The average molecular weight is 291 g/mol. The third-order valence-corrected chi connectivity index (χ3v) is 3.03. The molecule has 0 fully saturated rings. The number of hydrogen-bond acceptors (Lipinski definition) is 3. The van der Waals surface area contributed by atoms with Gasteiger partial charge in [0.2, 0.25) is 0 Å². The molecule has 1 N–H and O–H groups in total. The van der Waals surface area contributed by atoms with Crippen LogP contribution in [0.2, 0.25) is 0 Å². The van der Waals surface area contributed by atoms with Gasteiger partial charge >= 0.3 is 6.09 Å². The Morgan fingerprint density at radius 3 is 2.29 bits per heavy atom. The maximum Gasteiger partial charge on any atom is 0.407 e. The number of aryl methyl sites for hydroxylation is 1. The molecular formula is C17H25NO3. The van der Waals surface area contributed by atoms with Crippen LogP contribution < -0.4 is 5.32 Å². The molecule has 0 saturated heterocycles. The van der Waals surface area contributed by atoms with Crippen molar-refractivity contribution in [2.24, 2.45) is 5.92 Å². The van der Waals surface area contributed by atoms with Gasteiger partial charge < -0.3 is 10.1 Å². The molecule has 0 aromatic heterocycles. The van der Waals surface area contributed by atoms with E-state index in [0.717, 1.165) is 5.56 Å². The van der Waals surface area contributed by atoms with Gasteiger partial charge in [-0.2, -0.15) is 0 Å². The molecule has 0 unspecified atom stereocenters. The zero-order chi connectivity index (χ0) is 16.0. The Morgan fingerprint density at radius 2 is 1.76 bits per heavy atom. The molecule has 0 aliphatic heterocycles. The van der Waals surface area contributed by atoms with E-state index in [1.807, 2.05) is 58.9 Å². The fourth-order valence-corrected chi connectivity index (χ4v) is 1.84. The van der Waals surface area contributed by atoms with Crippen LogP contribution in [0.3, 0.4) is 0 Å². The first-order valence-electron chi connectivity index (χ1n) is 7.27. The van der Waals surface area contributed by atoms with Crippen LogP contribution >= 0.6 is 0 Å². The summed E-state index contributed by atoms with van der Waals surface area (Å²) >= 11 is 0. The first kappa shape index (κ1) is 17.2. The molecule has 21 heavy (non-hydrogen) atoms. The van der Waals surface area contributed by atoms with Crippen LogP contribution in [0.15, 0.2) is 24.3 Å². The van der Waals surface area contributed by atoms with Crippen LogP contribution in [0.4, 0.5) is 4.79 Å². The molecule has 1 aromatic rings. The number of ether oxygens (including phenoxy) is 1. The molecule has 1 aromatic carbocycles. The fraction of sp³-hybridized carbons (Fsp3) is 0.529. The van der Waals surface area contributed by atoms with Gasteiger partial charge in [0.25, 0.3) is 0 Å². The molecule has 1 amide bonds. The van der Waals surface area contributed by atoms with E-state index in [0.29, 0.717) is 18.5 Å². The number of carbonyl (C=O) groups is 2.